The zero-order chi connectivity index (χ0) is 16.8. The van der Waals surface area contributed by atoms with Crippen LogP contribution in [0.4, 0.5) is 10.5 Å². The first-order valence-corrected chi connectivity index (χ1v) is 7.75. The molecule has 0 bridgehead atoms. The van der Waals surface area contributed by atoms with E-state index in [9.17, 15) is 4.79 Å². The second kappa shape index (κ2) is 7.57. The van der Waals surface area contributed by atoms with E-state index in [1.165, 1.54) is 0 Å². The maximum atomic E-state index is 12.0. The predicted molar refractivity (Wildman–Crippen MR) is 94.8 cm³/mol. The maximum absolute atomic E-state index is 12.0. The number of carbonyl (C=O) groups is 1. The highest BCUT2D eigenvalue weighted by molar-refractivity contribution is 6.30. The minimum atomic E-state index is -0.290. The van der Waals surface area contributed by atoms with Gasteiger partial charge >= 0.3 is 6.03 Å². The second-order valence-electron chi connectivity index (χ2n) is 5.06. The summed E-state index contributed by atoms with van der Waals surface area (Å²) in [7, 11) is 0. The molecule has 6 heteroatoms. The second-order valence-corrected chi connectivity index (χ2v) is 5.50. The van der Waals surface area contributed by atoms with E-state index in [2.05, 4.69) is 20.6 Å². The van der Waals surface area contributed by atoms with E-state index < -0.39 is 0 Å². The molecule has 0 saturated heterocycles. The molecule has 24 heavy (non-hydrogen) atoms. The van der Waals surface area contributed by atoms with Gasteiger partial charge in [0.15, 0.2) is 0 Å². The molecule has 0 radical (unpaired) electrons. The van der Waals surface area contributed by atoms with Crippen molar-refractivity contribution in [3.05, 3.63) is 77.7 Å². The highest BCUT2D eigenvalue weighted by Gasteiger charge is 2.08. The summed E-state index contributed by atoms with van der Waals surface area (Å²) < 4.78 is 0. The lowest BCUT2D eigenvalue weighted by Crippen LogP contribution is -2.28. The third kappa shape index (κ3) is 4.08. The van der Waals surface area contributed by atoms with Gasteiger partial charge in [-0.25, -0.2) is 4.79 Å². The molecule has 0 spiro atoms. The number of urea groups is 1. The van der Waals surface area contributed by atoms with Gasteiger partial charge in [0.2, 0.25) is 0 Å². The number of halogens is 1. The number of benzene rings is 1. The summed E-state index contributed by atoms with van der Waals surface area (Å²) in [6.45, 7) is 0.366. The summed E-state index contributed by atoms with van der Waals surface area (Å²) in [6, 6.07) is 14.2. The average molecular weight is 339 g/mol. The van der Waals surface area contributed by atoms with Crippen LogP contribution < -0.4 is 10.6 Å². The zero-order valence-corrected chi connectivity index (χ0v) is 13.5. The fourth-order valence-corrected chi connectivity index (χ4v) is 2.36. The van der Waals surface area contributed by atoms with Crippen molar-refractivity contribution in [3.8, 4) is 11.3 Å². The molecular weight excluding hydrogens is 324 g/mol. The van der Waals surface area contributed by atoms with Gasteiger partial charge in [-0.1, -0.05) is 17.7 Å². The third-order valence-electron chi connectivity index (χ3n) is 3.39. The normalized spacial score (nSPS) is 10.2. The van der Waals surface area contributed by atoms with E-state index in [-0.39, 0.29) is 6.03 Å². The van der Waals surface area contributed by atoms with Crippen LogP contribution in [0.15, 0.2) is 67.1 Å². The maximum Gasteiger partial charge on any atom is 0.319 e. The lowest BCUT2D eigenvalue weighted by atomic mass is 10.1. The highest BCUT2D eigenvalue weighted by atomic mass is 35.5. The van der Waals surface area contributed by atoms with Crippen molar-refractivity contribution in [2.75, 3.05) is 5.32 Å². The number of aromatic nitrogens is 2. The van der Waals surface area contributed by atoms with E-state index in [0.717, 1.165) is 16.8 Å². The molecule has 0 aliphatic rings. The fourth-order valence-electron chi connectivity index (χ4n) is 2.23. The molecule has 0 atom stereocenters. The SMILES string of the molecule is O=C(NCc1cccnc1-c1ccncc1)Nc1ccc(Cl)cc1. The van der Waals surface area contributed by atoms with Gasteiger partial charge in [-0.2, -0.15) is 0 Å². The van der Waals surface area contributed by atoms with Crippen LogP contribution >= 0.6 is 11.6 Å². The van der Waals surface area contributed by atoms with Gasteiger partial charge < -0.3 is 10.6 Å². The van der Waals surface area contributed by atoms with E-state index >= 15 is 0 Å². The molecule has 120 valence electrons. The Hall–Kier alpha value is -2.92. The van der Waals surface area contributed by atoms with Crippen LogP contribution in [0.2, 0.25) is 5.02 Å². The number of hydrogen-bond acceptors (Lipinski definition) is 3. The number of amides is 2. The number of anilines is 1. The molecule has 1 aromatic carbocycles. The van der Waals surface area contributed by atoms with Crippen molar-refractivity contribution in [1.82, 2.24) is 15.3 Å². The van der Waals surface area contributed by atoms with Crippen molar-refractivity contribution in [2.45, 2.75) is 6.54 Å². The number of nitrogens with one attached hydrogen (secondary N) is 2. The minimum Gasteiger partial charge on any atom is -0.334 e. The zero-order valence-electron chi connectivity index (χ0n) is 12.7. The topological polar surface area (TPSA) is 66.9 Å². The number of rotatable bonds is 4. The van der Waals surface area contributed by atoms with Gasteiger partial charge in [-0.3, -0.25) is 9.97 Å². The first-order valence-electron chi connectivity index (χ1n) is 7.37. The van der Waals surface area contributed by atoms with Gasteiger partial charge in [0.25, 0.3) is 0 Å². The number of nitrogens with zero attached hydrogens (tertiary/aromatic N) is 2. The Labute approximate surface area is 144 Å². The molecular formula is C18H15ClN4O. The van der Waals surface area contributed by atoms with E-state index in [1.807, 2.05) is 24.3 Å². The average Bonchev–Trinajstić information content (AvgIpc) is 2.63. The summed E-state index contributed by atoms with van der Waals surface area (Å²) in [4.78, 5) is 20.5. The molecule has 0 aliphatic carbocycles. The predicted octanol–water partition coefficient (Wildman–Crippen LogP) is 4.12. The van der Waals surface area contributed by atoms with Crippen molar-refractivity contribution in [3.63, 3.8) is 0 Å². The van der Waals surface area contributed by atoms with Crippen molar-refractivity contribution in [1.29, 1.82) is 0 Å². The number of hydrogen-bond donors (Lipinski definition) is 2. The molecule has 5 nitrogen and oxygen atoms in total. The quantitative estimate of drug-likeness (QED) is 0.752. The molecule has 0 aliphatic heterocycles. The van der Waals surface area contributed by atoms with Gasteiger partial charge in [0, 0.05) is 41.4 Å². The Morgan fingerprint density at radius 3 is 2.50 bits per heavy atom. The number of carbonyl (C=O) groups excluding carboxylic acids is 1. The van der Waals surface area contributed by atoms with Crippen molar-refractivity contribution < 1.29 is 4.79 Å². The van der Waals surface area contributed by atoms with Gasteiger partial charge in [0.05, 0.1) is 5.69 Å². The fraction of sp³-hybridized carbons (Fsp3) is 0.0556. The van der Waals surface area contributed by atoms with Crippen LogP contribution in [0.5, 0.6) is 0 Å². The molecule has 3 aromatic rings. The summed E-state index contributed by atoms with van der Waals surface area (Å²) in [5.41, 5.74) is 3.39. The molecule has 3 rings (SSSR count). The smallest absolute Gasteiger partial charge is 0.319 e. The van der Waals surface area contributed by atoms with Gasteiger partial charge in [0.1, 0.15) is 0 Å². The monoisotopic (exact) mass is 338 g/mol. The lowest BCUT2D eigenvalue weighted by molar-refractivity contribution is 0.252. The van der Waals surface area contributed by atoms with Gasteiger partial charge in [-0.15, -0.1) is 0 Å². The van der Waals surface area contributed by atoms with Crippen LogP contribution in [0.1, 0.15) is 5.56 Å². The van der Waals surface area contributed by atoms with Crippen molar-refractivity contribution in [2.24, 2.45) is 0 Å². The van der Waals surface area contributed by atoms with E-state index in [4.69, 9.17) is 11.6 Å². The first kappa shape index (κ1) is 16.0. The van der Waals surface area contributed by atoms with Crippen LogP contribution in [-0.2, 0) is 6.54 Å². The molecule has 0 saturated carbocycles. The first-order chi connectivity index (χ1) is 11.7. The largest absolute Gasteiger partial charge is 0.334 e. The summed E-state index contributed by atoms with van der Waals surface area (Å²) >= 11 is 5.83. The molecule has 2 aromatic heterocycles. The molecule has 2 N–H and O–H groups in total. The Morgan fingerprint density at radius 2 is 1.75 bits per heavy atom. The Morgan fingerprint density at radius 1 is 1.00 bits per heavy atom. The number of pyridine rings is 2. The van der Waals surface area contributed by atoms with Crippen LogP contribution in [-0.4, -0.2) is 16.0 Å². The third-order valence-corrected chi connectivity index (χ3v) is 3.64. The standard InChI is InChI=1S/C18H15ClN4O/c19-15-3-5-16(6-4-15)23-18(24)22-12-14-2-1-9-21-17(14)13-7-10-20-11-8-13/h1-11H,12H2,(H2,22,23,24). The Kier molecular flexibility index (Phi) is 5.03. The summed E-state index contributed by atoms with van der Waals surface area (Å²) in [6.07, 6.45) is 5.16. The van der Waals surface area contributed by atoms with Gasteiger partial charge in [-0.05, 0) is 48.0 Å². The summed E-state index contributed by atoms with van der Waals surface area (Å²) in [5, 5.41) is 6.22. The molecule has 2 amide bonds. The molecule has 0 fully saturated rings. The van der Waals surface area contributed by atoms with E-state index in [1.54, 1.807) is 42.9 Å². The Balaban J connectivity index is 1.66. The lowest BCUT2D eigenvalue weighted by Gasteiger charge is -2.11. The van der Waals surface area contributed by atoms with Crippen molar-refractivity contribution >= 4 is 23.3 Å². The molecule has 0 unspecified atom stereocenters. The van der Waals surface area contributed by atoms with Crippen LogP contribution in [0, 0.1) is 0 Å². The molecule has 2 heterocycles. The highest BCUT2D eigenvalue weighted by Crippen LogP contribution is 2.20. The Bertz CT molecular complexity index is 822. The van der Waals surface area contributed by atoms with E-state index in [0.29, 0.717) is 17.3 Å². The summed E-state index contributed by atoms with van der Waals surface area (Å²) in [5.74, 6) is 0. The van der Waals surface area contributed by atoms with Crippen LogP contribution in [0.3, 0.4) is 0 Å². The van der Waals surface area contributed by atoms with Crippen LogP contribution in [0.25, 0.3) is 11.3 Å². The minimum absolute atomic E-state index is 0.290.